The van der Waals surface area contributed by atoms with Crippen molar-refractivity contribution in [2.75, 3.05) is 12.4 Å². The summed E-state index contributed by atoms with van der Waals surface area (Å²) in [4.78, 5) is 12.1. The number of amides is 1. The first-order valence-corrected chi connectivity index (χ1v) is 6.64. The summed E-state index contributed by atoms with van der Waals surface area (Å²) >= 11 is 0. The highest BCUT2D eigenvalue weighted by molar-refractivity contribution is 6.04. The number of anilines is 1. The molecule has 2 aromatic rings. The summed E-state index contributed by atoms with van der Waals surface area (Å²) in [5.74, 6) is -0.904. The van der Waals surface area contributed by atoms with Crippen LogP contribution in [0.25, 0.3) is 0 Å². The fourth-order valence-electron chi connectivity index (χ4n) is 1.88. The third kappa shape index (κ3) is 4.61. The van der Waals surface area contributed by atoms with Crippen LogP contribution in [0.15, 0.2) is 30.6 Å². The molecule has 0 atom stereocenters. The second kappa shape index (κ2) is 7.66. The molecule has 0 spiro atoms. The Bertz CT molecular complexity index is 706. The number of nitrogens with zero attached hydrogens (tertiary/aromatic N) is 2. The molecule has 0 aliphatic rings. The molecule has 0 bridgehead atoms. The predicted octanol–water partition coefficient (Wildman–Crippen LogP) is 3.01. The molecule has 1 aromatic heterocycles. The zero-order valence-electron chi connectivity index (χ0n) is 12.4. The van der Waals surface area contributed by atoms with Gasteiger partial charge in [0, 0.05) is 11.8 Å². The summed E-state index contributed by atoms with van der Waals surface area (Å²) in [7, 11) is 1.27. The highest BCUT2D eigenvalue weighted by Gasteiger charge is 2.15. The third-order valence-electron chi connectivity index (χ3n) is 2.86. The number of methoxy groups -OCH3 is 1. The minimum atomic E-state index is -3.08. The number of carbonyl (C=O) groups excluding carboxylic acids is 1. The maximum Gasteiger partial charge on any atom is 0.387 e. The summed E-state index contributed by atoms with van der Waals surface area (Å²) < 4.78 is 59.4. The van der Waals surface area contributed by atoms with Gasteiger partial charge in [-0.15, -0.1) is 0 Å². The normalized spacial score (nSPS) is 11.0. The third-order valence-corrected chi connectivity index (χ3v) is 2.86. The molecule has 24 heavy (non-hydrogen) atoms. The number of nitrogens with one attached hydrogen (secondary N) is 1. The summed E-state index contributed by atoms with van der Waals surface area (Å²) in [5.41, 5.74) is 0.209. The first-order valence-electron chi connectivity index (χ1n) is 6.64. The van der Waals surface area contributed by atoms with E-state index in [1.807, 2.05) is 0 Å². The number of benzene rings is 1. The van der Waals surface area contributed by atoms with Crippen molar-refractivity contribution in [1.29, 1.82) is 0 Å². The zero-order valence-corrected chi connectivity index (χ0v) is 12.4. The van der Waals surface area contributed by atoms with E-state index in [4.69, 9.17) is 4.74 Å². The lowest BCUT2D eigenvalue weighted by Gasteiger charge is -2.11. The van der Waals surface area contributed by atoms with Crippen molar-refractivity contribution in [2.24, 2.45) is 0 Å². The van der Waals surface area contributed by atoms with Crippen LogP contribution in [0.1, 0.15) is 10.4 Å². The number of halogens is 4. The van der Waals surface area contributed by atoms with Crippen molar-refractivity contribution in [3.8, 4) is 11.5 Å². The van der Waals surface area contributed by atoms with Crippen LogP contribution in [-0.4, -0.2) is 35.8 Å². The summed E-state index contributed by atoms with van der Waals surface area (Å²) in [6, 6.07) is 3.73. The van der Waals surface area contributed by atoms with E-state index < -0.39 is 25.5 Å². The second-order valence-electron chi connectivity index (χ2n) is 4.54. The Morgan fingerprint density at radius 3 is 2.67 bits per heavy atom. The van der Waals surface area contributed by atoms with Crippen LogP contribution in [0.2, 0.25) is 0 Å². The minimum absolute atomic E-state index is 0.0214. The molecule has 0 unspecified atom stereocenters. The number of hydrogen-bond donors (Lipinski definition) is 1. The average molecular weight is 347 g/mol. The predicted molar refractivity (Wildman–Crippen MR) is 75.8 cm³/mol. The van der Waals surface area contributed by atoms with Crippen molar-refractivity contribution < 1.29 is 31.8 Å². The van der Waals surface area contributed by atoms with Gasteiger partial charge in [-0.1, -0.05) is 0 Å². The number of hydrogen-bond acceptors (Lipinski definition) is 4. The highest BCUT2D eigenvalue weighted by Crippen LogP contribution is 2.29. The lowest BCUT2D eigenvalue weighted by Crippen LogP contribution is -2.12. The molecule has 1 N–H and O–H groups in total. The van der Waals surface area contributed by atoms with Gasteiger partial charge in [0.2, 0.25) is 0 Å². The van der Waals surface area contributed by atoms with Crippen molar-refractivity contribution in [1.82, 2.24) is 9.78 Å². The van der Waals surface area contributed by atoms with E-state index in [9.17, 15) is 22.4 Å². The van der Waals surface area contributed by atoms with E-state index in [0.717, 1.165) is 10.7 Å². The highest BCUT2D eigenvalue weighted by atomic mass is 19.3. The first kappa shape index (κ1) is 17.6. The molecule has 2 rings (SSSR count). The Morgan fingerprint density at radius 1 is 1.29 bits per heavy atom. The lowest BCUT2D eigenvalue weighted by atomic mass is 10.2. The van der Waals surface area contributed by atoms with Crippen LogP contribution < -0.4 is 14.8 Å². The summed E-state index contributed by atoms with van der Waals surface area (Å²) in [6.45, 7) is -3.69. The quantitative estimate of drug-likeness (QED) is 0.782. The molecular weight excluding hydrogens is 334 g/mol. The van der Waals surface area contributed by atoms with E-state index >= 15 is 0 Å². The summed E-state index contributed by atoms with van der Waals surface area (Å²) in [6.07, 6.45) is -0.158. The van der Waals surface area contributed by atoms with E-state index in [2.05, 4.69) is 15.2 Å². The zero-order chi connectivity index (χ0) is 17.7. The van der Waals surface area contributed by atoms with E-state index in [1.165, 1.54) is 31.6 Å². The average Bonchev–Trinajstić information content (AvgIpc) is 2.92. The maximum atomic E-state index is 12.4. The van der Waals surface area contributed by atoms with E-state index in [1.54, 1.807) is 0 Å². The van der Waals surface area contributed by atoms with Gasteiger partial charge in [0.05, 0.1) is 19.0 Å². The van der Waals surface area contributed by atoms with Gasteiger partial charge in [0.25, 0.3) is 12.3 Å². The van der Waals surface area contributed by atoms with Crippen molar-refractivity contribution >= 4 is 11.6 Å². The lowest BCUT2D eigenvalue weighted by molar-refractivity contribution is -0.0512. The number of rotatable bonds is 7. The topological polar surface area (TPSA) is 65.4 Å². The van der Waals surface area contributed by atoms with Crippen LogP contribution in [0.4, 0.5) is 23.2 Å². The summed E-state index contributed by atoms with van der Waals surface area (Å²) in [5, 5.41) is 6.08. The first-order chi connectivity index (χ1) is 11.4. The molecule has 0 saturated carbocycles. The molecule has 6 nitrogen and oxygen atoms in total. The number of aromatic nitrogens is 2. The minimum Gasteiger partial charge on any atom is -0.493 e. The molecule has 0 aliphatic heterocycles. The van der Waals surface area contributed by atoms with Crippen molar-refractivity contribution in [3.05, 3.63) is 36.2 Å². The van der Waals surface area contributed by atoms with E-state index in [-0.39, 0.29) is 22.7 Å². The van der Waals surface area contributed by atoms with Gasteiger partial charge in [0.15, 0.2) is 11.5 Å². The van der Waals surface area contributed by atoms with Crippen LogP contribution in [0, 0.1) is 0 Å². The molecule has 1 amide bonds. The molecule has 0 saturated heterocycles. The van der Waals surface area contributed by atoms with E-state index in [0.29, 0.717) is 0 Å². The number of ether oxygens (including phenoxy) is 2. The largest absolute Gasteiger partial charge is 0.493 e. The number of alkyl halides is 4. The SMILES string of the molecule is COc1ccc(C(=O)Nc2cnn(CC(F)F)c2)cc1OC(F)F. The van der Waals surface area contributed by atoms with Gasteiger partial charge < -0.3 is 14.8 Å². The Kier molecular flexibility index (Phi) is 5.61. The Labute approximate surface area is 134 Å². The molecule has 1 heterocycles. The smallest absolute Gasteiger partial charge is 0.387 e. The fraction of sp³-hybridized carbons (Fsp3) is 0.286. The van der Waals surface area contributed by atoms with Crippen LogP contribution in [0.5, 0.6) is 11.5 Å². The molecule has 10 heteroatoms. The standard InChI is InChI=1S/C14H13F4N3O3/c1-23-10-3-2-8(4-11(10)24-14(17)18)13(22)20-9-5-19-21(6-9)7-12(15)16/h2-6,12,14H,7H2,1H3,(H,20,22). The molecule has 0 fully saturated rings. The van der Waals surface area contributed by atoms with Crippen molar-refractivity contribution in [3.63, 3.8) is 0 Å². The monoisotopic (exact) mass is 347 g/mol. The van der Waals surface area contributed by atoms with Gasteiger partial charge in [-0.3, -0.25) is 9.48 Å². The Balaban J connectivity index is 2.13. The molecular formula is C14H13F4N3O3. The number of carbonyl (C=O) groups is 1. The van der Waals surface area contributed by atoms with Gasteiger partial charge in [-0.25, -0.2) is 8.78 Å². The fourth-order valence-corrected chi connectivity index (χ4v) is 1.88. The maximum absolute atomic E-state index is 12.4. The van der Waals surface area contributed by atoms with Gasteiger partial charge >= 0.3 is 6.61 Å². The second-order valence-corrected chi connectivity index (χ2v) is 4.54. The Hall–Kier alpha value is -2.78. The van der Waals surface area contributed by atoms with Crippen LogP contribution >= 0.6 is 0 Å². The molecule has 0 radical (unpaired) electrons. The molecule has 1 aromatic carbocycles. The van der Waals surface area contributed by atoms with Crippen LogP contribution in [0.3, 0.4) is 0 Å². The van der Waals surface area contributed by atoms with Gasteiger partial charge in [0.1, 0.15) is 6.54 Å². The van der Waals surface area contributed by atoms with Crippen molar-refractivity contribution in [2.45, 2.75) is 19.6 Å². The Morgan fingerprint density at radius 2 is 2.04 bits per heavy atom. The molecule has 130 valence electrons. The van der Waals surface area contributed by atoms with Crippen LogP contribution in [-0.2, 0) is 6.54 Å². The van der Waals surface area contributed by atoms with Gasteiger partial charge in [-0.2, -0.15) is 13.9 Å². The molecule has 0 aliphatic carbocycles. The van der Waals surface area contributed by atoms with Gasteiger partial charge in [-0.05, 0) is 18.2 Å².